The van der Waals surface area contributed by atoms with Crippen LogP contribution in [0.5, 0.6) is 0 Å². The number of furan rings is 1. The summed E-state index contributed by atoms with van der Waals surface area (Å²) in [5, 5.41) is 14.6. The van der Waals surface area contributed by atoms with Crippen molar-refractivity contribution >= 4 is 10.9 Å². The molecule has 1 N–H and O–H groups in total. The minimum absolute atomic E-state index is 0.138. The summed E-state index contributed by atoms with van der Waals surface area (Å²) in [6.07, 6.45) is 2.97. The fourth-order valence-electron chi connectivity index (χ4n) is 2.32. The topological polar surface area (TPSA) is 77.2 Å². The van der Waals surface area contributed by atoms with Crippen molar-refractivity contribution in [3.05, 3.63) is 54.7 Å². The van der Waals surface area contributed by atoms with Gasteiger partial charge in [-0.3, -0.25) is 0 Å². The third kappa shape index (κ3) is 1.85. The van der Waals surface area contributed by atoms with Gasteiger partial charge in [-0.05, 0) is 18.2 Å². The Morgan fingerprint density at radius 1 is 1.14 bits per heavy atom. The molecule has 6 heteroatoms. The summed E-state index contributed by atoms with van der Waals surface area (Å²) in [7, 11) is 0. The Bertz CT molecular complexity index is 890. The van der Waals surface area contributed by atoms with Crippen molar-refractivity contribution < 1.29 is 13.9 Å². The number of para-hydroxylation sites is 1. The second-order valence-electron chi connectivity index (χ2n) is 4.54. The van der Waals surface area contributed by atoms with Gasteiger partial charge in [-0.2, -0.15) is 9.78 Å². The first-order valence-electron chi connectivity index (χ1n) is 6.43. The number of benzene rings is 1. The van der Waals surface area contributed by atoms with Crippen LogP contribution >= 0.6 is 0 Å². The molecule has 0 fully saturated rings. The van der Waals surface area contributed by atoms with E-state index in [1.165, 1.54) is 6.39 Å². The van der Waals surface area contributed by atoms with Crippen molar-refractivity contribution in [1.29, 1.82) is 0 Å². The van der Waals surface area contributed by atoms with Gasteiger partial charge in [0.05, 0.1) is 11.7 Å². The summed E-state index contributed by atoms with van der Waals surface area (Å²) in [6, 6.07) is 11.3. The second-order valence-corrected chi connectivity index (χ2v) is 4.54. The standard InChI is InChI=1S/C15H11N3O3/c19-8-10-5-6-13(21-10)15-11-3-1-2-4-12(11)18(17-15)14-7-16-9-20-14/h1-7,9,19H,8H2. The lowest BCUT2D eigenvalue weighted by molar-refractivity contribution is 0.248. The van der Waals surface area contributed by atoms with Gasteiger partial charge < -0.3 is 13.9 Å². The Balaban J connectivity index is 1.97. The number of aromatic nitrogens is 3. The van der Waals surface area contributed by atoms with E-state index in [0.29, 0.717) is 23.1 Å². The third-order valence-corrected chi connectivity index (χ3v) is 3.27. The van der Waals surface area contributed by atoms with Crippen LogP contribution in [0.1, 0.15) is 5.76 Å². The van der Waals surface area contributed by atoms with E-state index in [-0.39, 0.29) is 6.61 Å². The molecule has 4 aromatic rings. The van der Waals surface area contributed by atoms with Crippen LogP contribution in [-0.2, 0) is 6.61 Å². The number of hydrogen-bond acceptors (Lipinski definition) is 5. The highest BCUT2D eigenvalue weighted by Gasteiger charge is 2.17. The first-order chi connectivity index (χ1) is 10.4. The maximum absolute atomic E-state index is 9.12. The van der Waals surface area contributed by atoms with Gasteiger partial charge in [0, 0.05) is 5.39 Å². The monoisotopic (exact) mass is 281 g/mol. The molecule has 0 aliphatic heterocycles. The molecule has 0 bridgehead atoms. The van der Waals surface area contributed by atoms with Gasteiger partial charge >= 0.3 is 0 Å². The normalized spacial score (nSPS) is 11.3. The molecule has 3 aromatic heterocycles. The molecule has 0 amide bonds. The van der Waals surface area contributed by atoms with Crippen molar-refractivity contribution in [2.75, 3.05) is 0 Å². The highest BCUT2D eigenvalue weighted by Crippen LogP contribution is 2.30. The fourth-order valence-corrected chi connectivity index (χ4v) is 2.32. The molecule has 104 valence electrons. The number of aliphatic hydroxyl groups excluding tert-OH is 1. The maximum Gasteiger partial charge on any atom is 0.240 e. The van der Waals surface area contributed by atoms with Gasteiger partial charge in [-0.15, -0.1) is 0 Å². The molecule has 4 rings (SSSR count). The molecule has 3 heterocycles. The first kappa shape index (κ1) is 11.9. The quantitative estimate of drug-likeness (QED) is 0.624. The Kier molecular flexibility index (Phi) is 2.61. The van der Waals surface area contributed by atoms with Crippen LogP contribution in [0, 0.1) is 0 Å². The van der Waals surface area contributed by atoms with E-state index in [1.54, 1.807) is 23.0 Å². The Hall–Kier alpha value is -2.86. The largest absolute Gasteiger partial charge is 0.457 e. The Morgan fingerprint density at radius 2 is 2.05 bits per heavy atom. The van der Waals surface area contributed by atoms with E-state index in [1.807, 2.05) is 24.3 Å². The molecule has 0 aliphatic rings. The van der Waals surface area contributed by atoms with Crippen molar-refractivity contribution in [1.82, 2.24) is 14.8 Å². The van der Waals surface area contributed by atoms with Crippen LogP contribution in [0.3, 0.4) is 0 Å². The minimum atomic E-state index is -0.138. The zero-order valence-corrected chi connectivity index (χ0v) is 10.9. The second kappa shape index (κ2) is 4.60. The SMILES string of the molecule is OCc1ccc(-c2nn(-c3cnco3)c3ccccc23)o1. The molecule has 0 spiro atoms. The molecule has 1 aromatic carbocycles. The van der Waals surface area contributed by atoms with E-state index in [9.17, 15) is 0 Å². The van der Waals surface area contributed by atoms with Crippen LogP contribution in [0.4, 0.5) is 0 Å². The van der Waals surface area contributed by atoms with Gasteiger partial charge in [0.15, 0.2) is 12.2 Å². The van der Waals surface area contributed by atoms with Gasteiger partial charge in [-0.1, -0.05) is 18.2 Å². The third-order valence-electron chi connectivity index (χ3n) is 3.27. The summed E-state index contributed by atoms with van der Waals surface area (Å²) in [5.74, 6) is 1.64. The molecule has 0 unspecified atom stereocenters. The van der Waals surface area contributed by atoms with Gasteiger partial charge in [0.1, 0.15) is 18.1 Å². The minimum Gasteiger partial charge on any atom is -0.457 e. The smallest absolute Gasteiger partial charge is 0.240 e. The van der Waals surface area contributed by atoms with Crippen LogP contribution in [0.2, 0.25) is 0 Å². The fraction of sp³-hybridized carbons (Fsp3) is 0.0667. The lowest BCUT2D eigenvalue weighted by atomic mass is 10.2. The Labute approximate surface area is 119 Å². The summed E-state index contributed by atoms with van der Waals surface area (Å²) in [5.41, 5.74) is 1.59. The molecule has 0 saturated heterocycles. The van der Waals surface area contributed by atoms with Crippen LogP contribution in [-0.4, -0.2) is 19.9 Å². The van der Waals surface area contributed by atoms with E-state index in [4.69, 9.17) is 13.9 Å². The van der Waals surface area contributed by atoms with Crippen molar-refractivity contribution in [2.24, 2.45) is 0 Å². The predicted molar refractivity (Wildman–Crippen MR) is 74.8 cm³/mol. The van der Waals surface area contributed by atoms with E-state index < -0.39 is 0 Å². The van der Waals surface area contributed by atoms with Crippen LogP contribution in [0.15, 0.2) is 57.8 Å². The Morgan fingerprint density at radius 3 is 2.81 bits per heavy atom. The molecular formula is C15H11N3O3. The van der Waals surface area contributed by atoms with Gasteiger partial charge in [0.25, 0.3) is 0 Å². The number of hydrogen-bond donors (Lipinski definition) is 1. The molecule has 0 radical (unpaired) electrons. The molecule has 6 nitrogen and oxygen atoms in total. The number of rotatable bonds is 3. The van der Waals surface area contributed by atoms with Crippen molar-refractivity contribution in [2.45, 2.75) is 6.61 Å². The average molecular weight is 281 g/mol. The number of aliphatic hydroxyl groups is 1. The number of fused-ring (bicyclic) bond motifs is 1. The highest BCUT2D eigenvalue weighted by molar-refractivity contribution is 5.92. The van der Waals surface area contributed by atoms with E-state index >= 15 is 0 Å². The highest BCUT2D eigenvalue weighted by atomic mass is 16.4. The number of oxazole rings is 1. The maximum atomic E-state index is 9.12. The summed E-state index contributed by atoms with van der Waals surface area (Å²) in [6.45, 7) is -0.138. The van der Waals surface area contributed by atoms with Crippen molar-refractivity contribution in [3.63, 3.8) is 0 Å². The van der Waals surface area contributed by atoms with Crippen molar-refractivity contribution in [3.8, 4) is 17.3 Å². The zero-order chi connectivity index (χ0) is 14.2. The predicted octanol–water partition coefficient (Wildman–Crippen LogP) is 2.77. The molecule has 21 heavy (non-hydrogen) atoms. The summed E-state index contributed by atoms with van der Waals surface area (Å²) >= 11 is 0. The van der Waals surface area contributed by atoms with E-state index in [2.05, 4.69) is 10.1 Å². The van der Waals surface area contributed by atoms with Gasteiger partial charge in [0.2, 0.25) is 5.88 Å². The van der Waals surface area contributed by atoms with Crippen LogP contribution in [0.25, 0.3) is 28.2 Å². The molecular weight excluding hydrogens is 270 g/mol. The van der Waals surface area contributed by atoms with Crippen LogP contribution < -0.4 is 0 Å². The molecule has 0 saturated carbocycles. The summed E-state index contributed by atoms with van der Waals surface area (Å²) in [4.78, 5) is 3.92. The zero-order valence-electron chi connectivity index (χ0n) is 10.9. The lowest BCUT2D eigenvalue weighted by Gasteiger charge is -1.95. The lowest BCUT2D eigenvalue weighted by Crippen LogP contribution is -1.93. The summed E-state index contributed by atoms with van der Waals surface area (Å²) < 4.78 is 12.6. The van der Waals surface area contributed by atoms with E-state index in [0.717, 1.165) is 10.9 Å². The molecule has 0 atom stereocenters. The first-order valence-corrected chi connectivity index (χ1v) is 6.43. The average Bonchev–Trinajstić information content (AvgIpc) is 3.25. The number of nitrogens with zero attached hydrogens (tertiary/aromatic N) is 3. The van der Waals surface area contributed by atoms with Gasteiger partial charge in [-0.25, -0.2) is 4.98 Å². The molecule has 0 aliphatic carbocycles.